The standard InChI is InChI=1S/C11H21N3O/c1-4-13-11(2,8-12)9-14-6-5-10(7-14)15-3/h10,13H,4-7,9H2,1-3H3. The third kappa shape index (κ3) is 3.45. The molecule has 86 valence electrons. The van der Waals surface area contributed by atoms with Crippen molar-refractivity contribution in [3.8, 4) is 6.07 Å². The lowest BCUT2D eigenvalue weighted by atomic mass is 10.0. The van der Waals surface area contributed by atoms with Crippen LogP contribution in [-0.2, 0) is 4.74 Å². The summed E-state index contributed by atoms with van der Waals surface area (Å²) < 4.78 is 5.30. The third-order valence-electron chi connectivity index (χ3n) is 2.92. The number of ether oxygens (including phenoxy) is 1. The molecule has 0 aromatic rings. The quantitative estimate of drug-likeness (QED) is 0.723. The van der Waals surface area contributed by atoms with Gasteiger partial charge in [-0.15, -0.1) is 0 Å². The van der Waals surface area contributed by atoms with Gasteiger partial charge in [0.25, 0.3) is 0 Å². The number of methoxy groups -OCH3 is 1. The van der Waals surface area contributed by atoms with Crippen LogP contribution in [-0.4, -0.2) is 49.8 Å². The van der Waals surface area contributed by atoms with E-state index >= 15 is 0 Å². The van der Waals surface area contributed by atoms with Gasteiger partial charge in [-0.3, -0.25) is 10.2 Å². The Balaban J connectivity index is 2.44. The molecule has 1 aliphatic heterocycles. The molecule has 15 heavy (non-hydrogen) atoms. The lowest BCUT2D eigenvalue weighted by Gasteiger charge is -2.28. The Kier molecular flexibility index (Phi) is 4.52. The maximum absolute atomic E-state index is 9.13. The van der Waals surface area contributed by atoms with E-state index in [1.807, 2.05) is 13.8 Å². The summed E-state index contributed by atoms with van der Waals surface area (Å²) in [5.41, 5.74) is -0.433. The van der Waals surface area contributed by atoms with Crippen LogP contribution in [0, 0.1) is 11.3 Å². The van der Waals surface area contributed by atoms with Gasteiger partial charge < -0.3 is 4.74 Å². The maximum Gasteiger partial charge on any atom is 0.116 e. The van der Waals surface area contributed by atoms with Gasteiger partial charge in [-0.2, -0.15) is 5.26 Å². The monoisotopic (exact) mass is 211 g/mol. The third-order valence-corrected chi connectivity index (χ3v) is 2.92. The van der Waals surface area contributed by atoms with Gasteiger partial charge in [0, 0.05) is 26.7 Å². The summed E-state index contributed by atoms with van der Waals surface area (Å²) in [5.74, 6) is 0. The van der Waals surface area contributed by atoms with E-state index in [9.17, 15) is 0 Å². The summed E-state index contributed by atoms with van der Waals surface area (Å²) in [7, 11) is 1.75. The van der Waals surface area contributed by atoms with Gasteiger partial charge in [0.1, 0.15) is 5.54 Å². The Bertz CT molecular complexity index is 238. The van der Waals surface area contributed by atoms with Crippen LogP contribution in [0.15, 0.2) is 0 Å². The highest BCUT2D eigenvalue weighted by atomic mass is 16.5. The smallest absolute Gasteiger partial charge is 0.116 e. The van der Waals surface area contributed by atoms with E-state index in [1.54, 1.807) is 7.11 Å². The van der Waals surface area contributed by atoms with Crippen molar-refractivity contribution in [3.05, 3.63) is 0 Å². The normalized spacial score (nSPS) is 26.1. The lowest BCUT2D eigenvalue weighted by Crippen LogP contribution is -2.50. The highest BCUT2D eigenvalue weighted by molar-refractivity contribution is 5.06. The fraction of sp³-hybridized carbons (Fsp3) is 0.909. The van der Waals surface area contributed by atoms with Crippen LogP contribution in [0.3, 0.4) is 0 Å². The van der Waals surface area contributed by atoms with Gasteiger partial charge >= 0.3 is 0 Å². The van der Waals surface area contributed by atoms with Crippen LogP contribution in [0.2, 0.25) is 0 Å². The van der Waals surface area contributed by atoms with Crippen molar-refractivity contribution in [2.75, 3.05) is 33.3 Å². The molecule has 1 fully saturated rings. The summed E-state index contributed by atoms with van der Waals surface area (Å²) in [6.45, 7) is 7.55. The molecular formula is C11H21N3O. The topological polar surface area (TPSA) is 48.3 Å². The van der Waals surface area contributed by atoms with Gasteiger partial charge in [0.2, 0.25) is 0 Å². The number of likely N-dealkylation sites (N-methyl/N-ethyl adjacent to an activating group) is 1. The molecule has 0 saturated carbocycles. The summed E-state index contributed by atoms with van der Waals surface area (Å²) in [6, 6.07) is 2.35. The van der Waals surface area contributed by atoms with Crippen molar-refractivity contribution in [1.82, 2.24) is 10.2 Å². The minimum absolute atomic E-state index is 0.342. The van der Waals surface area contributed by atoms with Crippen LogP contribution < -0.4 is 5.32 Å². The van der Waals surface area contributed by atoms with E-state index in [4.69, 9.17) is 10.00 Å². The largest absolute Gasteiger partial charge is 0.380 e. The highest BCUT2D eigenvalue weighted by Crippen LogP contribution is 2.15. The van der Waals surface area contributed by atoms with Gasteiger partial charge in [-0.25, -0.2) is 0 Å². The molecule has 1 aliphatic rings. The Morgan fingerprint density at radius 2 is 2.40 bits per heavy atom. The lowest BCUT2D eigenvalue weighted by molar-refractivity contribution is 0.105. The molecular weight excluding hydrogens is 190 g/mol. The van der Waals surface area contributed by atoms with E-state index < -0.39 is 5.54 Å². The molecule has 1 saturated heterocycles. The Labute approximate surface area is 92.2 Å². The van der Waals surface area contributed by atoms with Crippen molar-refractivity contribution in [2.45, 2.75) is 31.9 Å². The van der Waals surface area contributed by atoms with Crippen molar-refractivity contribution in [2.24, 2.45) is 0 Å². The Hall–Kier alpha value is -0.630. The molecule has 0 radical (unpaired) electrons. The number of hydrogen-bond donors (Lipinski definition) is 1. The first-order valence-corrected chi connectivity index (χ1v) is 5.55. The van der Waals surface area contributed by atoms with E-state index in [0.717, 1.165) is 32.6 Å². The number of likely N-dealkylation sites (tertiary alicyclic amines) is 1. The van der Waals surface area contributed by atoms with Gasteiger partial charge in [-0.1, -0.05) is 6.92 Å². The van der Waals surface area contributed by atoms with Crippen molar-refractivity contribution < 1.29 is 4.74 Å². The van der Waals surface area contributed by atoms with Gasteiger partial charge in [0.15, 0.2) is 0 Å². The SMILES string of the molecule is CCNC(C)(C#N)CN1CCC(OC)C1. The van der Waals surface area contributed by atoms with Gasteiger partial charge in [0.05, 0.1) is 12.2 Å². The van der Waals surface area contributed by atoms with E-state index in [0.29, 0.717) is 6.10 Å². The molecule has 1 N–H and O–H groups in total. The first kappa shape index (κ1) is 12.4. The predicted molar refractivity (Wildman–Crippen MR) is 59.5 cm³/mol. The summed E-state index contributed by atoms with van der Waals surface area (Å²) in [4.78, 5) is 2.29. The molecule has 0 aromatic heterocycles. The van der Waals surface area contributed by atoms with Crippen molar-refractivity contribution in [1.29, 1.82) is 5.26 Å². The molecule has 1 heterocycles. The molecule has 0 bridgehead atoms. The van der Waals surface area contributed by atoms with E-state index in [-0.39, 0.29) is 0 Å². The molecule has 2 atom stereocenters. The van der Waals surface area contributed by atoms with Gasteiger partial charge in [-0.05, 0) is 19.9 Å². The molecule has 0 spiro atoms. The second kappa shape index (κ2) is 5.45. The predicted octanol–water partition coefficient (Wildman–Crippen LogP) is 0.599. The number of nitrogens with one attached hydrogen (secondary N) is 1. The van der Waals surface area contributed by atoms with Crippen LogP contribution in [0.5, 0.6) is 0 Å². The summed E-state index contributed by atoms with van der Waals surface area (Å²) in [6.07, 6.45) is 1.42. The second-order valence-corrected chi connectivity index (χ2v) is 4.36. The number of nitrogens with zero attached hydrogens (tertiary/aromatic N) is 2. The molecule has 0 aromatic carbocycles. The molecule has 4 nitrogen and oxygen atoms in total. The number of rotatable bonds is 5. The first-order chi connectivity index (χ1) is 7.13. The number of hydrogen-bond acceptors (Lipinski definition) is 4. The molecule has 0 aliphatic carbocycles. The maximum atomic E-state index is 9.13. The van der Waals surface area contributed by atoms with Crippen LogP contribution in [0.4, 0.5) is 0 Å². The highest BCUT2D eigenvalue weighted by Gasteiger charge is 2.30. The minimum Gasteiger partial charge on any atom is -0.380 e. The van der Waals surface area contributed by atoms with E-state index in [1.165, 1.54) is 0 Å². The zero-order valence-electron chi connectivity index (χ0n) is 9.92. The zero-order valence-corrected chi connectivity index (χ0v) is 9.92. The Morgan fingerprint density at radius 1 is 1.67 bits per heavy atom. The average molecular weight is 211 g/mol. The molecule has 0 amide bonds. The summed E-state index contributed by atoms with van der Waals surface area (Å²) >= 11 is 0. The first-order valence-electron chi connectivity index (χ1n) is 5.55. The fourth-order valence-corrected chi connectivity index (χ4v) is 2.10. The van der Waals surface area contributed by atoms with E-state index in [2.05, 4.69) is 16.3 Å². The fourth-order valence-electron chi connectivity index (χ4n) is 2.10. The van der Waals surface area contributed by atoms with Crippen LogP contribution in [0.25, 0.3) is 0 Å². The molecule has 1 rings (SSSR count). The molecule has 4 heteroatoms. The Morgan fingerprint density at radius 3 is 2.87 bits per heavy atom. The zero-order chi connectivity index (χ0) is 11.3. The average Bonchev–Trinajstić information content (AvgIpc) is 2.66. The van der Waals surface area contributed by atoms with Crippen LogP contribution in [0.1, 0.15) is 20.3 Å². The summed E-state index contributed by atoms with van der Waals surface area (Å²) in [5, 5.41) is 12.4. The van der Waals surface area contributed by atoms with Crippen LogP contribution >= 0.6 is 0 Å². The number of nitriles is 1. The van der Waals surface area contributed by atoms with Crippen molar-refractivity contribution in [3.63, 3.8) is 0 Å². The molecule has 2 unspecified atom stereocenters. The van der Waals surface area contributed by atoms with Crippen molar-refractivity contribution >= 4 is 0 Å². The second-order valence-electron chi connectivity index (χ2n) is 4.36. The minimum atomic E-state index is -0.433.